The summed E-state index contributed by atoms with van der Waals surface area (Å²) in [4.78, 5) is 46.2. The van der Waals surface area contributed by atoms with Gasteiger partial charge in [-0.15, -0.1) is 0 Å². The Kier molecular flexibility index (Phi) is 4.88. The first-order valence-corrected chi connectivity index (χ1v) is 7.48. The molecule has 2 saturated heterocycles. The molecule has 0 radical (unpaired) electrons. The standard InChI is InChI=1S/C14H20N2O9/c1-12(2)24-6-13(3,25-12)10(21)14(23-5-4-7(17)18)11(22)15-8(19)9(20)16-14/h10,21H,4-6H2,1-3H3,(H,16,20)(H,17,18)(H,15,19,22)/t10-,13-,14-/m0/s1. The number of carbonyl (C=O) groups excluding carboxylic acids is 3. The number of imide groups is 1. The summed E-state index contributed by atoms with van der Waals surface area (Å²) in [5.41, 5.74) is -3.88. The molecule has 3 amide bonds. The quantitative estimate of drug-likeness (QED) is 0.306. The van der Waals surface area contributed by atoms with E-state index in [0.29, 0.717) is 0 Å². The van der Waals surface area contributed by atoms with Crippen molar-refractivity contribution in [1.29, 1.82) is 0 Å². The number of piperazine rings is 1. The second-order valence-corrected chi connectivity index (χ2v) is 6.47. The maximum absolute atomic E-state index is 12.4. The van der Waals surface area contributed by atoms with Crippen LogP contribution < -0.4 is 10.6 Å². The van der Waals surface area contributed by atoms with Crippen LogP contribution in [0.2, 0.25) is 0 Å². The van der Waals surface area contributed by atoms with Crippen LogP contribution in [0.25, 0.3) is 0 Å². The number of aliphatic carboxylic acids is 1. The van der Waals surface area contributed by atoms with Gasteiger partial charge in [-0.2, -0.15) is 0 Å². The molecule has 0 aromatic rings. The summed E-state index contributed by atoms with van der Waals surface area (Å²) in [6.45, 7) is 3.97. The molecule has 0 aliphatic carbocycles. The van der Waals surface area contributed by atoms with E-state index in [1.165, 1.54) is 6.92 Å². The van der Waals surface area contributed by atoms with Crippen LogP contribution in [0, 0.1) is 0 Å². The molecular weight excluding hydrogens is 340 g/mol. The van der Waals surface area contributed by atoms with Crippen molar-refractivity contribution in [3.8, 4) is 0 Å². The van der Waals surface area contributed by atoms with Crippen LogP contribution in [-0.2, 0) is 33.4 Å². The Morgan fingerprint density at radius 3 is 2.44 bits per heavy atom. The summed E-state index contributed by atoms with van der Waals surface area (Å²) in [7, 11) is 0. The zero-order valence-electron chi connectivity index (χ0n) is 14.0. The van der Waals surface area contributed by atoms with Gasteiger partial charge in [0.25, 0.3) is 11.6 Å². The topological polar surface area (TPSA) is 160 Å². The number of nitrogens with one attached hydrogen (secondary N) is 2. The van der Waals surface area contributed by atoms with Gasteiger partial charge < -0.3 is 29.7 Å². The molecule has 4 N–H and O–H groups in total. The monoisotopic (exact) mass is 360 g/mol. The fourth-order valence-corrected chi connectivity index (χ4v) is 2.71. The van der Waals surface area contributed by atoms with Crippen molar-refractivity contribution in [2.75, 3.05) is 13.2 Å². The van der Waals surface area contributed by atoms with Crippen molar-refractivity contribution in [2.24, 2.45) is 0 Å². The van der Waals surface area contributed by atoms with Crippen molar-refractivity contribution in [2.45, 2.75) is 50.4 Å². The Labute approximate surface area is 142 Å². The van der Waals surface area contributed by atoms with Gasteiger partial charge in [-0.25, -0.2) is 0 Å². The van der Waals surface area contributed by atoms with E-state index >= 15 is 0 Å². The molecule has 0 saturated carbocycles. The Morgan fingerprint density at radius 2 is 1.92 bits per heavy atom. The predicted molar refractivity (Wildman–Crippen MR) is 77.8 cm³/mol. The maximum atomic E-state index is 12.4. The van der Waals surface area contributed by atoms with Crippen molar-refractivity contribution < 1.29 is 43.6 Å². The average molecular weight is 360 g/mol. The fraction of sp³-hybridized carbons (Fsp3) is 0.714. The zero-order chi connectivity index (χ0) is 19.0. The fourth-order valence-electron chi connectivity index (χ4n) is 2.71. The first-order valence-electron chi connectivity index (χ1n) is 7.48. The highest BCUT2D eigenvalue weighted by Crippen LogP contribution is 2.37. The normalized spacial score (nSPS) is 32.9. The summed E-state index contributed by atoms with van der Waals surface area (Å²) in [5.74, 6) is -5.84. The minimum Gasteiger partial charge on any atom is -0.481 e. The van der Waals surface area contributed by atoms with Crippen LogP contribution in [0.3, 0.4) is 0 Å². The number of aliphatic hydroxyl groups is 1. The van der Waals surface area contributed by atoms with Gasteiger partial charge in [-0.3, -0.25) is 24.5 Å². The third kappa shape index (κ3) is 3.63. The van der Waals surface area contributed by atoms with E-state index in [9.17, 15) is 24.3 Å². The molecule has 11 nitrogen and oxygen atoms in total. The van der Waals surface area contributed by atoms with E-state index in [2.05, 4.69) is 0 Å². The van der Waals surface area contributed by atoms with Gasteiger partial charge in [-0.1, -0.05) is 0 Å². The summed E-state index contributed by atoms with van der Waals surface area (Å²) in [6.07, 6.45) is -2.29. The number of carbonyl (C=O) groups is 4. The third-order valence-electron chi connectivity index (χ3n) is 3.86. The summed E-state index contributed by atoms with van der Waals surface area (Å²) in [5, 5.41) is 23.3. The molecule has 2 fully saturated rings. The second-order valence-electron chi connectivity index (χ2n) is 6.47. The van der Waals surface area contributed by atoms with Crippen molar-refractivity contribution in [3.63, 3.8) is 0 Å². The van der Waals surface area contributed by atoms with Crippen LogP contribution in [0.5, 0.6) is 0 Å². The Balaban J connectivity index is 2.34. The van der Waals surface area contributed by atoms with E-state index in [0.717, 1.165) is 0 Å². The zero-order valence-corrected chi connectivity index (χ0v) is 14.0. The van der Waals surface area contributed by atoms with Gasteiger partial charge in [0.1, 0.15) is 11.7 Å². The molecular formula is C14H20N2O9. The lowest BCUT2D eigenvalue weighted by Crippen LogP contribution is -2.77. The van der Waals surface area contributed by atoms with E-state index in [4.69, 9.17) is 19.3 Å². The minimum absolute atomic E-state index is 0.137. The highest BCUT2D eigenvalue weighted by Gasteiger charge is 2.62. The SMILES string of the molecule is CC1(C)OC[C@@](C)([C@H](O)[C@@]2(OCCC(=O)O)NC(=O)C(=O)NC2=O)O1. The largest absolute Gasteiger partial charge is 0.481 e. The molecule has 3 atom stereocenters. The number of hydrogen-bond donors (Lipinski definition) is 4. The van der Waals surface area contributed by atoms with Crippen LogP contribution >= 0.6 is 0 Å². The van der Waals surface area contributed by atoms with Crippen LogP contribution in [0.15, 0.2) is 0 Å². The smallest absolute Gasteiger partial charge is 0.316 e. The molecule has 0 aromatic heterocycles. The predicted octanol–water partition coefficient (Wildman–Crippen LogP) is -2.15. The summed E-state index contributed by atoms with van der Waals surface area (Å²) in [6, 6.07) is 0. The maximum Gasteiger partial charge on any atom is 0.316 e. The van der Waals surface area contributed by atoms with Gasteiger partial charge >= 0.3 is 17.8 Å². The second kappa shape index (κ2) is 6.33. The number of aliphatic hydroxyl groups excluding tert-OH is 1. The van der Waals surface area contributed by atoms with E-state index in [1.54, 1.807) is 19.2 Å². The van der Waals surface area contributed by atoms with Crippen LogP contribution in [0.1, 0.15) is 27.2 Å². The van der Waals surface area contributed by atoms with Crippen molar-refractivity contribution >= 4 is 23.7 Å². The van der Waals surface area contributed by atoms with Crippen molar-refractivity contribution in [3.05, 3.63) is 0 Å². The summed E-state index contributed by atoms with van der Waals surface area (Å²) >= 11 is 0. The lowest BCUT2D eigenvalue weighted by atomic mass is 9.88. The number of ether oxygens (including phenoxy) is 3. The van der Waals surface area contributed by atoms with Gasteiger partial charge in [0.15, 0.2) is 5.79 Å². The van der Waals surface area contributed by atoms with Crippen molar-refractivity contribution in [1.82, 2.24) is 10.6 Å². The number of carboxylic acids is 1. The molecule has 11 heteroatoms. The number of carboxylic acid groups (broad SMARTS) is 1. The minimum atomic E-state index is -2.40. The van der Waals surface area contributed by atoms with E-state index in [-0.39, 0.29) is 6.61 Å². The molecule has 2 aliphatic heterocycles. The van der Waals surface area contributed by atoms with E-state index < -0.39 is 59.9 Å². The number of hydrogen-bond acceptors (Lipinski definition) is 8. The summed E-state index contributed by atoms with van der Waals surface area (Å²) < 4.78 is 16.3. The number of amides is 3. The Morgan fingerprint density at radius 1 is 1.28 bits per heavy atom. The Hall–Kier alpha value is -2.08. The first kappa shape index (κ1) is 19.2. The average Bonchev–Trinajstić information content (AvgIpc) is 2.78. The molecule has 0 bridgehead atoms. The van der Waals surface area contributed by atoms with Gasteiger partial charge in [0.05, 0.1) is 19.6 Å². The lowest BCUT2D eigenvalue weighted by Gasteiger charge is -2.44. The Bertz CT molecular complexity index is 619. The first-order chi connectivity index (χ1) is 11.4. The molecule has 140 valence electrons. The number of rotatable bonds is 6. The molecule has 2 aliphatic rings. The van der Waals surface area contributed by atoms with Gasteiger partial charge in [-0.05, 0) is 20.8 Å². The molecule has 0 spiro atoms. The lowest BCUT2D eigenvalue weighted by molar-refractivity contribution is -0.231. The highest BCUT2D eigenvalue weighted by atomic mass is 16.8. The highest BCUT2D eigenvalue weighted by molar-refractivity contribution is 6.40. The van der Waals surface area contributed by atoms with Crippen LogP contribution in [-0.4, -0.2) is 70.3 Å². The molecule has 25 heavy (non-hydrogen) atoms. The molecule has 0 aromatic carbocycles. The third-order valence-corrected chi connectivity index (χ3v) is 3.86. The van der Waals surface area contributed by atoms with Gasteiger partial charge in [0.2, 0.25) is 0 Å². The molecule has 2 rings (SSSR count). The van der Waals surface area contributed by atoms with Crippen LogP contribution in [0.4, 0.5) is 0 Å². The van der Waals surface area contributed by atoms with Gasteiger partial charge in [0, 0.05) is 0 Å². The molecule has 0 unspecified atom stereocenters. The molecule has 2 heterocycles. The van der Waals surface area contributed by atoms with E-state index in [1.807, 2.05) is 5.32 Å².